The molecule has 1 aromatic heterocycles. The average Bonchev–Trinajstić information content (AvgIpc) is 3.12. The van der Waals surface area contributed by atoms with Crippen LogP contribution in [0.1, 0.15) is 57.2 Å². The third-order valence-corrected chi connectivity index (χ3v) is 4.90. The third kappa shape index (κ3) is 4.55. The van der Waals surface area contributed by atoms with Gasteiger partial charge in [-0.15, -0.1) is 0 Å². The van der Waals surface area contributed by atoms with Crippen LogP contribution in [0.4, 0.5) is 8.78 Å². The van der Waals surface area contributed by atoms with Crippen LogP contribution in [0.3, 0.4) is 0 Å². The second-order valence-electron chi connectivity index (χ2n) is 6.87. The first-order valence-electron chi connectivity index (χ1n) is 9.58. The number of carbonyl (C=O) groups is 1. The second kappa shape index (κ2) is 9.03. The molecular formula is C22H24F2N2O3. The zero-order valence-electron chi connectivity index (χ0n) is 16.6. The fourth-order valence-corrected chi connectivity index (χ4v) is 3.21. The summed E-state index contributed by atoms with van der Waals surface area (Å²) in [5.41, 5.74) is 1.72. The van der Waals surface area contributed by atoms with E-state index in [0.29, 0.717) is 16.8 Å². The minimum atomic E-state index is -2.79. The van der Waals surface area contributed by atoms with Crippen LogP contribution in [-0.2, 0) is 9.53 Å². The van der Waals surface area contributed by atoms with Crippen LogP contribution in [0.5, 0.6) is 5.75 Å². The van der Waals surface area contributed by atoms with Gasteiger partial charge in [-0.1, -0.05) is 44.2 Å². The Labute approximate surface area is 168 Å². The van der Waals surface area contributed by atoms with Gasteiger partial charge in [0.1, 0.15) is 5.75 Å². The summed E-state index contributed by atoms with van der Waals surface area (Å²) >= 11 is 0. The first-order valence-corrected chi connectivity index (χ1v) is 9.58. The predicted octanol–water partition coefficient (Wildman–Crippen LogP) is 5.63. The highest BCUT2D eigenvalue weighted by molar-refractivity contribution is 5.76. The molecule has 0 N–H and O–H groups in total. The zero-order chi connectivity index (χ0) is 21.0. The van der Waals surface area contributed by atoms with Crippen molar-refractivity contribution in [2.45, 2.75) is 45.8 Å². The number of hydrogen-bond donors (Lipinski definition) is 0. The molecular weight excluding hydrogens is 378 g/mol. The Bertz CT molecular complexity index is 987. The minimum absolute atomic E-state index is 0.00504. The van der Waals surface area contributed by atoms with Crippen molar-refractivity contribution in [1.29, 1.82) is 0 Å². The summed E-state index contributed by atoms with van der Waals surface area (Å²) in [6, 6.07) is 14.1. The average molecular weight is 402 g/mol. The molecule has 2 atom stereocenters. The minimum Gasteiger partial charge on any atom is -0.482 e. The summed E-state index contributed by atoms with van der Waals surface area (Å²) in [6.07, 6.45) is -0.0107. The number of benzene rings is 2. The summed E-state index contributed by atoms with van der Waals surface area (Å²) in [4.78, 5) is 16.5. The Kier molecular flexibility index (Phi) is 6.46. The first-order chi connectivity index (χ1) is 13.9. The fourth-order valence-electron chi connectivity index (χ4n) is 3.21. The molecule has 2 unspecified atom stereocenters. The van der Waals surface area contributed by atoms with E-state index < -0.39 is 18.6 Å². The highest BCUT2D eigenvalue weighted by Crippen LogP contribution is 2.30. The molecule has 3 aromatic rings. The van der Waals surface area contributed by atoms with Gasteiger partial charge in [-0.25, -0.2) is 9.78 Å². The lowest BCUT2D eigenvalue weighted by atomic mass is 9.98. The van der Waals surface area contributed by atoms with Gasteiger partial charge in [0.25, 0.3) is 0 Å². The summed E-state index contributed by atoms with van der Waals surface area (Å²) < 4.78 is 38.9. The van der Waals surface area contributed by atoms with Gasteiger partial charge in [0.2, 0.25) is 0 Å². The molecule has 0 bridgehead atoms. The lowest BCUT2D eigenvalue weighted by Crippen LogP contribution is -2.19. The Hall–Kier alpha value is -2.96. The molecule has 154 valence electrons. The molecule has 3 rings (SSSR count). The number of esters is 1. The summed E-state index contributed by atoms with van der Waals surface area (Å²) in [5.74, 6) is 0.247. The van der Waals surface area contributed by atoms with Gasteiger partial charge in [-0.2, -0.15) is 8.78 Å². The normalized spacial score (nSPS) is 13.4. The van der Waals surface area contributed by atoms with Crippen LogP contribution in [0.15, 0.2) is 48.5 Å². The van der Waals surface area contributed by atoms with Crippen molar-refractivity contribution in [3.63, 3.8) is 0 Å². The molecule has 0 radical (unpaired) electrons. The van der Waals surface area contributed by atoms with E-state index in [2.05, 4.69) is 18.8 Å². The van der Waals surface area contributed by atoms with Gasteiger partial charge in [0.05, 0.1) is 11.0 Å². The maximum Gasteiger partial charge on any atom is 0.344 e. The van der Waals surface area contributed by atoms with Crippen molar-refractivity contribution in [3.05, 3.63) is 59.9 Å². The molecule has 1 heterocycles. The van der Waals surface area contributed by atoms with E-state index in [1.165, 1.54) is 6.92 Å². The molecule has 0 saturated carbocycles. The lowest BCUT2D eigenvalue weighted by Gasteiger charge is -2.17. The summed E-state index contributed by atoms with van der Waals surface area (Å²) in [6.45, 7) is 2.57. The van der Waals surface area contributed by atoms with Crippen LogP contribution in [-0.4, -0.2) is 22.1 Å². The molecule has 29 heavy (non-hydrogen) atoms. The topological polar surface area (TPSA) is 53.4 Å². The van der Waals surface area contributed by atoms with E-state index in [0.717, 1.165) is 16.6 Å². The number of alkyl halides is 2. The smallest absolute Gasteiger partial charge is 0.344 e. The van der Waals surface area contributed by atoms with E-state index in [1.807, 2.05) is 18.2 Å². The van der Waals surface area contributed by atoms with Crippen molar-refractivity contribution in [1.82, 2.24) is 9.55 Å². The van der Waals surface area contributed by atoms with Crippen LogP contribution < -0.4 is 4.74 Å². The molecule has 0 fully saturated rings. The van der Waals surface area contributed by atoms with Gasteiger partial charge in [0.15, 0.2) is 18.5 Å². The molecule has 0 aliphatic carbocycles. The van der Waals surface area contributed by atoms with E-state index in [4.69, 9.17) is 9.47 Å². The number of nitrogens with zero attached hydrogens (tertiary/aromatic N) is 2. The van der Waals surface area contributed by atoms with Crippen LogP contribution in [0.2, 0.25) is 0 Å². The number of para-hydroxylation sites is 3. The molecule has 0 aliphatic rings. The van der Waals surface area contributed by atoms with Crippen LogP contribution >= 0.6 is 0 Å². The Morgan fingerprint density at radius 3 is 2.52 bits per heavy atom. The van der Waals surface area contributed by atoms with Gasteiger partial charge >= 0.3 is 12.5 Å². The fraction of sp³-hybridized carbons (Fsp3) is 0.364. The molecule has 7 heteroatoms. The third-order valence-electron chi connectivity index (χ3n) is 4.90. The number of rotatable bonds is 8. The largest absolute Gasteiger partial charge is 0.482 e. The number of carbonyl (C=O) groups excluding carboxylic acids is 1. The maximum atomic E-state index is 13.6. The standard InChI is InChI=1S/C22H24F2N2O3/c1-4-14(2)16-9-5-8-12-19(16)28-13-20(27)29-15(3)21-25-17-10-6-7-11-18(17)26(21)22(23)24/h5-12,14-15,22H,4,13H2,1-3H3. The van der Waals surface area contributed by atoms with E-state index >= 15 is 0 Å². The number of hydrogen-bond acceptors (Lipinski definition) is 4. The van der Waals surface area contributed by atoms with Gasteiger partial charge < -0.3 is 9.47 Å². The van der Waals surface area contributed by atoms with Crippen molar-refractivity contribution in [2.24, 2.45) is 0 Å². The lowest BCUT2D eigenvalue weighted by molar-refractivity contribution is -0.151. The highest BCUT2D eigenvalue weighted by Gasteiger charge is 2.24. The number of fused-ring (bicyclic) bond motifs is 1. The monoisotopic (exact) mass is 402 g/mol. The zero-order valence-corrected chi connectivity index (χ0v) is 16.6. The van der Waals surface area contributed by atoms with Gasteiger partial charge in [-0.3, -0.25) is 4.57 Å². The van der Waals surface area contributed by atoms with Crippen molar-refractivity contribution in [3.8, 4) is 5.75 Å². The first kappa shape index (κ1) is 20.8. The SMILES string of the molecule is CCC(C)c1ccccc1OCC(=O)OC(C)c1nc2ccccc2n1C(F)F. The van der Waals surface area contributed by atoms with Crippen molar-refractivity contribution in [2.75, 3.05) is 6.61 Å². The molecule has 5 nitrogen and oxygen atoms in total. The Morgan fingerprint density at radius 2 is 1.79 bits per heavy atom. The molecule has 2 aromatic carbocycles. The number of imidazole rings is 1. The van der Waals surface area contributed by atoms with Gasteiger partial charge in [0, 0.05) is 0 Å². The quantitative estimate of drug-likeness (QED) is 0.458. The highest BCUT2D eigenvalue weighted by atomic mass is 19.3. The Balaban J connectivity index is 1.71. The van der Waals surface area contributed by atoms with Gasteiger partial charge in [-0.05, 0) is 43.0 Å². The maximum absolute atomic E-state index is 13.6. The summed E-state index contributed by atoms with van der Waals surface area (Å²) in [5, 5.41) is 0. The number of ether oxygens (including phenoxy) is 2. The molecule has 0 aliphatic heterocycles. The molecule has 0 amide bonds. The second-order valence-corrected chi connectivity index (χ2v) is 6.87. The molecule has 0 saturated heterocycles. The summed E-state index contributed by atoms with van der Waals surface area (Å²) in [7, 11) is 0. The number of aromatic nitrogens is 2. The van der Waals surface area contributed by atoms with Crippen LogP contribution in [0, 0.1) is 0 Å². The predicted molar refractivity (Wildman–Crippen MR) is 106 cm³/mol. The molecule has 0 spiro atoms. The van der Waals surface area contributed by atoms with E-state index in [1.54, 1.807) is 30.3 Å². The van der Waals surface area contributed by atoms with Crippen molar-refractivity contribution < 1.29 is 23.0 Å². The Morgan fingerprint density at radius 1 is 1.10 bits per heavy atom. The van der Waals surface area contributed by atoms with Crippen molar-refractivity contribution >= 4 is 17.0 Å². The van der Waals surface area contributed by atoms with E-state index in [9.17, 15) is 13.6 Å². The van der Waals surface area contributed by atoms with Crippen LogP contribution in [0.25, 0.3) is 11.0 Å². The van der Waals surface area contributed by atoms with E-state index in [-0.39, 0.29) is 18.3 Å². The number of halogens is 2.